The van der Waals surface area contributed by atoms with Crippen molar-refractivity contribution in [1.29, 1.82) is 0 Å². The van der Waals surface area contributed by atoms with Gasteiger partial charge < -0.3 is 10.1 Å². The predicted molar refractivity (Wildman–Crippen MR) is 80.6 cm³/mol. The Labute approximate surface area is 122 Å². The summed E-state index contributed by atoms with van der Waals surface area (Å²) in [7, 11) is 0. The summed E-state index contributed by atoms with van der Waals surface area (Å²) >= 11 is 0. The Bertz CT molecular complexity index is 350. The van der Waals surface area contributed by atoms with Crippen LogP contribution in [0.2, 0.25) is 0 Å². The SMILES string of the molecule is CCC(C)(CNC(=O)CC1C=CCC1)N1CCOCC1. The number of nitrogens with one attached hydrogen (secondary N) is 1. The minimum Gasteiger partial charge on any atom is -0.379 e. The van der Waals surface area contributed by atoms with Crippen molar-refractivity contribution in [3.8, 4) is 0 Å². The van der Waals surface area contributed by atoms with Crippen molar-refractivity contribution < 1.29 is 9.53 Å². The third-order valence-electron chi connectivity index (χ3n) is 4.76. The van der Waals surface area contributed by atoms with E-state index in [0.29, 0.717) is 12.3 Å². The Morgan fingerprint density at radius 3 is 2.80 bits per heavy atom. The molecule has 2 atom stereocenters. The van der Waals surface area contributed by atoms with Gasteiger partial charge in [-0.2, -0.15) is 0 Å². The predicted octanol–water partition coefficient (Wildman–Crippen LogP) is 1.96. The second-order valence-electron chi connectivity index (χ2n) is 6.20. The van der Waals surface area contributed by atoms with Gasteiger partial charge in [-0.1, -0.05) is 19.1 Å². The molecule has 1 N–H and O–H groups in total. The maximum absolute atomic E-state index is 12.1. The van der Waals surface area contributed by atoms with Crippen molar-refractivity contribution in [3.63, 3.8) is 0 Å². The maximum Gasteiger partial charge on any atom is 0.220 e. The topological polar surface area (TPSA) is 41.6 Å². The van der Waals surface area contributed by atoms with Crippen molar-refractivity contribution >= 4 is 5.91 Å². The zero-order valence-electron chi connectivity index (χ0n) is 12.9. The second kappa shape index (κ2) is 7.23. The van der Waals surface area contributed by atoms with E-state index in [1.165, 1.54) is 0 Å². The van der Waals surface area contributed by atoms with E-state index >= 15 is 0 Å². The standard InChI is InChI=1S/C16H28N2O2/c1-3-16(2,18-8-10-20-11-9-18)13-17-15(19)12-14-6-4-5-7-14/h4,6,14H,3,5,7-13H2,1-2H3,(H,17,19). The molecule has 0 aromatic carbocycles. The zero-order valence-corrected chi connectivity index (χ0v) is 12.9. The Morgan fingerprint density at radius 2 is 2.20 bits per heavy atom. The first kappa shape index (κ1) is 15.5. The lowest BCUT2D eigenvalue weighted by Crippen LogP contribution is -2.56. The van der Waals surface area contributed by atoms with Gasteiger partial charge in [-0.25, -0.2) is 0 Å². The van der Waals surface area contributed by atoms with E-state index in [-0.39, 0.29) is 11.4 Å². The fourth-order valence-corrected chi connectivity index (χ4v) is 3.03. The van der Waals surface area contributed by atoms with Crippen LogP contribution in [0.5, 0.6) is 0 Å². The number of carbonyl (C=O) groups is 1. The minimum atomic E-state index is 0.0466. The zero-order chi connectivity index (χ0) is 14.4. The van der Waals surface area contributed by atoms with Gasteiger partial charge in [0, 0.05) is 31.6 Å². The smallest absolute Gasteiger partial charge is 0.220 e. The van der Waals surface area contributed by atoms with Gasteiger partial charge in [0.25, 0.3) is 0 Å². The molecule has 1 amide bonds. The summed E-state index contributed by atoms with van der Waals surface area (Å²) in [5.41, 5.74) is 0.0466. The summed E-state index contributed by atoms with van der Waals surface area (Å²) in [6.45, 7) is 8.71. The molecule has 4 nitrogen and oxygen atoms in total. The molecule has 0 saturated carbocycles. The van der Waals surface area contributed by atoms with Crippen molar-refractivity contribution in [1.82, 2.24) is 10.2 Å². The van der Waals surface area contributed by atoms with Crippen LogP contribution in [0.25, 0.3) is 0 Å². The van der Waals surface area contributed by atoms with Gasteiger partial charge in [-0.05, 0) is 32.1 Å². The molecular formula is C16H28N2O2. The molecule has 2 aliphatic rings. The van der Waals surface area contributed by atoms with Crippen LogP contribution < -0.4 is 5.32 Å². The van der Waals surface area contributed by atoms with Crippen LogP contribution in [0.4, 0.5) is 0 Å². The molecule has 4 heteroatoms. The molecule has 1 fully saturated rings. The van der Waals surface area contributed by atoms with Gasteiger partial charge in [-0.15, -0.1) is 0 Å². The Hall–Kier alpha value is -0.870. The average Bonchev–Trinajstić information content (AvgIpc) is 2.98. The van der Waals surface area contributed by atoms with Crippen LogP contribution in [0.15, 0.2) is 12.2 Å². The molecule has 2 unspecified atom stereocenters. The fraction of sp³-hybridized carbons (Fsp3) is 0.812. The highest BCUT2D eigenvalue weighted by molar-refractivity contribution is 5.76. The van der Waals surface area contributed by atoms with E-state index in [1.807, 2.05) is 0 Å². The lowest BCUT2D eigenvalue weighted by atomic mass is 9.95. The van der Waals surface area contributed by atoms with Gasteiger partial charge in [-0.3, -0.25) is 9.69 Å². The number of nitrogens with zero attached hydrogens (tertiary/aromatic N) is 1. The molecule has 1 saturated heterocycles. The molecule has 1 aliphatic heterocycles. The minimum absolute atomic E-state index is 0.0466. The van der Waals surface area contributed by atoms with Crippen LogP contribution in [0, 0.1) is 5.92 Å². The summed E-state index contributed by atoms with van der Waals surface area (Å²) in [6.07, 6.45) is 8.29. The molecule has 2 rings (SSSR count). The molecular weight excluding hydrogens is 252 g/mol. The summed E-state index contributed by atoms with van der Waals surface area (Å²) in [5.74, 6) is 0.640. The van der Waals surface area contributed by atoms with Gasteiger partial charge in [0.15, 0.2) is 0 Å². The number of rotatable bonds is 6. The summed E-state index contributed by atoms with van der Waals surface area (Å²) in [4.78, 5) is 14.5. The molecule has 0 radical (unpaired) electrons. The molecule has 0 spiro atoms. The number of ether oxygens (including phenoxy) is 1. The van der Waals surface area contributed by atoms with Crippen LogP contribution in [0.1, 0.15) is 39.5 Å². The van der Waals surface area contributed by atoms with Crippen LogP contribution in [-0.4, -0.2) is 49.2 Å². The largest absolute Gasteiger partial charge is 0.379 e. The number of allylic oxidation sites excluding steroid dienone is 2. The van der Waals surface area contributed by atoms with Crippen molar-refractivity contribution in [2.45, 2.75) is 45.1 Å². The summed E-state index contributed by atoms with van der Waals surface area (Å²) < 4.78 is 5.42. The lowest BCUT2D eigenvalue weighted by Gasteiger charge is -2.43. The first-order chi connectivity index (χ1) is 9.64. The van der Waals surface area contributed by atoms with E-state index in [0.717, 1.165) is 52.1 Å². The molecule has 1 heterocycles. The average molecular weight is 280 g/mol. The lowest BCUT2D eigenvalue weighted by molar-refractivity contribution is -0.122. The van der Waals surface area contributed by atoms with Crippen LogP contribution in [0.3, 0.4) is 0 Å². The first-order valence-electron chi connectivity index (χ1n) is 7.90. The number of carbonyl (C=O) groups excluding carboxylic acids is 1. The maximum atomic E-state index is 12.1. The Kier molecular flexibility index (Phi) is 5.61. The van der Waals surface area contributed by atoms with Gasteiger partial charge in [0.05, 0.1) is 13.2 Å². The second-order valence-corrected chi connectivity index (χ2v) is 6.20. The van der Waals surface area contributed by atoms with Gasteiger partial charge in [0.1, 0.15) is 0 Å². The third-order valence-corrected chi connectivity index (χ3v) is 4.76. The highest BCUT2D eigenvalue weighted by Gasteiger charge is 2.31. The number of amides is 1. The molecule has 0 aromatic heterocycles. The third kappa shape index (κ3) is 4.06. The highest BCUT2D eigenvalue weighted by Crippen LogP contribution is 2.22. The summed E-state index contributed by atoms with van der Waals surface area (Å²) in [6, 6.07) is 0. The van der Waals surface area contributed by atoms with E-state index in [9.17, 15) is 4.79 Å². The molecule has 1 aliphatic carbocycles. The van der Waals surface area contributed by atoms with Gasteiger partial charge in [0.2, 0.25) is 5.91 Å². The Balaban J connectivity index is 1.79. The van der Waals surface area contributed by atoms with Crippen LogP contribution in [-0.2, 0) is 9.53 Å². The monoisotopic (exact) mass is 280 g/mol. The molecule has 20 heavy (non-hydrogen) atoms. The van der Waals surface area contributed by atoms with Gasteiger partial charge >= 0.3 is 0 Å². The molecule has 0 bridgehead atoms. The van der Waals surface area contributed by atoms with Crippen molar-refractivity contribution in [3.05, 3.63) is 12.2 Å². The van der Waals surface area contributed by atoms with E-state index in [1.54, 1.807) is 0 Å². The number of morpholine rings is 1. The Morgan fingerprint density at radius 1 is 1.45 bits per heavy atom. The fourth-order valence-electron chi connectivity index (χ4n) is 3.03. The van der Waals surface area contributed by atoms with E-state index < -0.39 is 0 Å². The van der Waals surface area contributed by atoms with Crippen LogP contribution >= 0.6 is 0 Å². The first-order valence-corrected chi connectivity index (χ1v) is 7.90. The quantitative estimate of drug-likeness (QED) is 0.756. The number of hydrogen-bond acceptors (Lipinski definition) is 3. The van der Waals surface area contributed by atoms with E-state index in [4.69, 9.17) is 4.74 Å². The number of hydrogen-bond donors (Lipinski definition) is 1. The molecule has 114 valence electrons. The summed E-state index contributed by atoms with van der Waals surface area (Å²) in [5, 5.41) is 3.14. The van der Waals surface area contributed by atoms with Crippen molar-refractivity contribution in [2.24, 2.45) is 5.92 Å². The molecule has 0 aromatic rings. The highest BCUT2D eigenvalue weighted by atomic mass is 16.5. The normalized spacial score (nSPS) is 26.4. The van der Waals surface area contributed by atoms with Crippen molar-refractivity contribution in [2.75, 3.05) is 32.8 Å². The van der Waals surface area contributed by atoms with E-state index in [2.05, 4.69) is 36.2 Å².